The first-order valence-corrected chi connectivity index (χ1v) is 22.6. The Morgan fingerprint density at radius 2 is 1.08 bits per heavy atom. The van der Waals surface area contributed by atoms with Gasteiger partial charge in [-0.05, 0) is 0 Å². The maximum absolute atomic E-state index is 2.63. The zero-order chi connectivity index (χ0) is 16.7. The van der Waals surface area contributed by atoms with E-state index in [4.69, 9.17) is 0 Å². The quantitative estimate of drug-likeness (QED) is 0.475. The standard InChI is InChI=1S/2C9H13.C2H6Ge.2ClH.Zr/c2*1-9(2,3)8-6-4-5-7-8;1-3-2;;;/h2*6-7H,4H2,1-3H3;1-2H3;2*1H;/q;;;;;+2/p-2. The molecule has 0 aromatic heterocycles. The summed E-state index contributed by atoms with van der Waals surface area (Å²) in [5, 5.41) is 0. The summed E-state index contributed by atoms with van der Waals surface area (Å²) in [7, 11) is -0.845. The van der Waals surface area contributed by atoms with Crippen LogP contribution in [0.2, 0.25) is 11.5 Å². The van der Waals surface area contributed by atoms with Gasteiger partial charge in [-0.1, -0.05) is 0 Å². The van der Waals surface area contributed by atoms with E-state index in [1.165, 1.54) is 12.8 Å². The summed E-state index contributed by atoms with van der Waals surface area (Å²) < 4.78 is 3.78. The maximum Gasteiger partial charge on any atom is -1.00 e. The van der Waals surface area contributed by atoms with E-state index >= 15 is 0 Å². The van der Waals surface area contributed by atoms with Crippen molar-refractivity contribution in [2.75, 3.05) is 0 Å². The van der Waals surface area contributed by atoms with Gasteiger partial charge in [0.25, 0.3) is 0 Å². The summed E-state index contributed by atoms with van der Waals surface area (Å²) in [5.41, 5.74) is 3.80. The van der Waals surface area contributed by atoms with E-state index in [-0.39, 0.29) is 24.8 Å². The van der Waals surface area contributed by atoms with Gasteiger partial charge in [0.1, 0.15) is 0 Å². The van der Waals surface area contributed by atoms with Gasteiger partial charge in [0, 0.05) is 0 Å². The van der Waals surface area contributed by atoms with Crippen LogP contribution in [0.25, 0.3) is 0 Å². The first-order valence-electron chi connectivity index (χ1n) is 8.51. The Hall–Kier alpha value is 0.966. The van der Waals surface area contributed by atoms with Gasteiger partial charge in [-0.15, -0.1) is 0 Å². The van der Waals surface area contributed by atoms with E-state index in [2.05, 4.69) is 77.4 Å². The van der Waals surface area contributed by atoms with Gasteiger partial charge in [-0.3, -0.25) is 0 Å². The number of hydrogen-bond acceptors (Lipinski definition) is 0. The fourth-order valence-corrected chi connectivity index (χ4v) is 30.7. The molecule has 2 aliphatic rings. The molecule has 0 saturated carbocycles. The molecule has 0 unspecified atom stereocenters. The third-order valence-corrected chi connectivity index (χ3v) is 32.3. The third-order valence-electron chi connectivity index (χ3n) is 4.62. The fourth-order valence-electron chi connectivity index (χ4n) is 3.29. The molecule has 0 aromatic carbocycles. The number of rotatable bonds is 2. The van der Waals surface area contributed by atoms with Crippen LogP contribution in [-0.4, -0.2) is 9.98 Å². The molecule has 2 aliphatic carbocycles. The second-order valence-electron chi connectivity index (χ2n) is 8.94. The topological polar surface area (TPSA) is 0 Å². The van der Waals surface area contributed by atoms with E-state index in [0.717, 1.165) is 0 Å². The van der Waals surface area contributed by atoms with Crippen LogP contribution in [0.1, 0.15) is 54.4 Å². The van der Waals surface area contributed by atoms with Crippen molar-refractivity contribution in [2.45, 2.75) is 65.9 Å². The molecule has 134 valence electrons. The predicted molar refractivity (Wildman–Crippen MR) is 98.0 cm³/mol. The van der Waals surface area contributed by atoms with Crippen LogP contribution >= 0.6 is 0 Å². The minimum absolute atomic E-state index is 0. The summed E-state index contributed by atoms with van der Waals surface area (Å²) in [6.45, 7) is 14.1. The van der Waals surface area contributed by atoms with Gasteiger partial charge in [0.15, 0.2) is 0 Å². The molecule has 0 N–H and O–H groups in total. The Bertz CT molecular complexity index is 582. The van der Waals surface area contributed by atoms with Gasteiger partial charge in [0.2, 0.25) is 0 Å². The Labute approximate surface area is 170 Å². The molecule has 0 heterocycles. The molecule has 24 heavy (non-hydrogen) atoms. The van der Waals surface area contributed by atoms with E-state index in [0.29, 0.717) is 10.8 Å². The molecule has 0 radical (unpaired) electrons. The smallest absolute Gasteiger partial charge is 1.00 e. The second-order valence-corrected chi connectivity index (χ2v) is 37.1. The average Bonchev–Trinajstić information content (AvgIpc) is 2.95. The zero-order valence-electron chi connectivity index (χ0n) is 16.5. The van der Waals surface area contributed by atoms with Gasteiger partial charge >= 0.3 is 147 Å². The Morgan fingerprint density at radius 3 is 1.29 bits per heavy atom. The van der Waals surface area contributed by atoms with E-state index in [1.807, 2.05) is 6.56 Å². The minimum Gasteiger partial charge on any atom is -1.00 e. The molecule has 0 spiro atoms. The van der Waals surface area contributed by atoms with Crippen molar-refractivity contribution in [3.05, 3.63) is 42.0 Å². The van der Waals surface area contributed by atoms with Crippen LogP contribution in [0, 0.1) is 10.8 Å². The molecule has 0 bridgehead atoms. The van der Waals surface area contributed by atoms with Gasteiger partial charge < -0.3 is 24.8 Å². The van der Waals surface area contributed by atoms with Crippen LogP contribution in [0.4, 0.5) is 0 Å². The van der Waals surface area contributed by atoms with Crippen molar-refractivity contribution in [2.24, 2.45) is 10.8 Å². The third kappa shape index (κ3) is 6.00. The van der Waals surface area contributed by atoms with Crippen molar-refractivity contribution in [1.29, 1.82) is 0 Å². The minimum atomic E-state index is -1.52. The van der Waals surface area contributed by atoms with Crippen molar-refractivity contribution in [3.8, 4) is 0 Å². The Balaban J connectivity index is 0.00000264. The molecule has 0 aromatic rings. The molecule has 0 fully saturated rings. The molecule has 0 nitrogen and oxygen atoms in total. The predicted octanol–water partition coefficient (Wildman–Crippen LogP) is 0.384. The fraction of sp³-hybridized carbons (Fsp3) is 0.600. The Kier molecular flexibility index (Phi) is 9.62. The molecule has 0 saturated heterocycles. The number of hydrogen-bond donors (Lipinski definition) is 0. The van der Waals surface area contributed by atoms with Gasteiger partial charge in [-0.2, -0.15) is 0 Å². The SMILES string of the molecule is [CH3][Ge]([CH3])=[Zr+2]([C]1=CC(C(C)(C)C)=CC1)[C]1=CC(C(C)(C)C)=CC1.[Cl-].[Cl-]. The van der Waals surface area contributed by atoms with Crippen molar-refractivity contribution >= 4 is 9.98 Å². The molecule has 0 aliphatic heterocycles. The summed E-state index contributed by atoms with van der Waals surface area (Å²) in [5.74, 6) is 5.25. The summed E-state index contributed by atoms with van der Waals surface area (Å²) in [4.78, 5) is 0. The second kappa shape index (κ2) is 9.25. The van der Waals surface area contributed by atoms with Crippen molar-refractivity contribution < 1.29 is 43.4 Å². The van der Waals surface area contributed by atoms with Gasteiger partial charge in [0.05, 0.1) is 0 Å². The van der Waals surface area contributed by atoms with Crippen LogP contribution in [0.3, 0.4) is 0 Å². The van der Waals surface area contributed by atoms with Crippen LogP contribution in [0.5, 0.6) is 0 Å². The van der Waals surface area contributed by atoms with E-state index in [9.17, 15) is 0 Å². The summed E-state index contributed by atoms with van der Waals surface area (Å²) >= 11 is -1.52. The first-order chi connectivity index (χ1) is 10.00. The van der Waals surface area contributed by atoms with Crippen LogP contribution < -0.4 is 24.8 Å². The van der Waals surface area contributed by atoms with E-state index < -0.39 is 28.6 Å². The maximum atomic E-state index is 2.63. The van der Waals surface area contributed by atoms with Crippen LogP contribution in [-0.2, 0) is 18.6 Å². The monoisotopic (exact) mass is 506 g/mol. The van der Waals surface area contributed by atoms with Crippen molar-refractivity contribution in [1.82, 2.24) is 0 Å². The van der Waals surface area contributed by atoms with E-state index in [1.54, 1.807) is 11.1 Å². The van der Waals surface area contributed by atoms with Crippen molar-refractivity contribution in [3.63, 3.8) is 0 Å². The van der Waals surface area contributed by atoms with Gasteiger partial charge in [-0.25, -0.2) is 0 Å². The first kappa shape index (κ1) is 25.0. The Morgan fingerprint density at radius 1 is 0.750 bits per heavy atom. The van der Waals surface area contributed by atoms with Crippen LogP contribution in [0.15, 0.2) is 42.0 Å². The number of allylic oxidation sites excluding steroid dienone is 8. The molecule has 2 rings (SSSR count). The molecular formula is C20H32Cl2GeZr. The normalized spacial score (nSPS) is 16.8. The number of halogens is 2. The molecule has 4 heteroatoms. The molecular weight excluding hydrogens is 475 g/mol. The summed E-state index contributed by atoms with van der Waals surface area (Å²) in [6.07, 6.45) is 12.8. The molecule has 0 amide bonds. The zero-order valence-corrected chi connectivity index (χ0v) is 22.5. The average molecular weight is 507 g/mol. The molecule has 0 atom stereocenters. The summed E-state index contributed by atoms with van der Waals surface area (Å²) in [6, 6.07) is 0. The largest absolute Gasteiger partial charge is 1.00 e.